The van der Waals surface area contributed by atoms with Crippen molar-refractivity contribution in [1.29, 1.82) is 0 Å². The Morgan fingerprint density at radius 1 is 1.33 bits per heavy atom. The fraction of sp³-hybridized carbons (Fsp3) is 0.467. The zero-order valence-corrected chi connectivity index (χ0v) is 12.6. The van der Waals surface area contributed by atoms with E-state index >= 15 is 0 Å². The van der Waals surface area contributed by atoms with Crippen molar-refractivity contribution in [2.75, 3.05) is 26.2 Å². The summed E-state index contributed by atoms with van der Waals surface area (Å²) in [7, 11) is -3.49. The average molecular weight is 308 g/mol. The molecule has 0 radical (unpaired) electrons. The van der Waals surface area contributed by atoms with Gasteiger partial charge in [-0.25, -0.2) is 8.42 Å². The van der Waals surface area contributed by atoms with Gasteiger partial charge in [0, 0.05) is 25.3 Å². The van der Waals surface area contributed by atoms with Crippen molar-refractivity contribution < 1.29 is 13.5 Å². The first-order chi connectivity index (χ1) is 10.1. The van der Waals surface area contributed by atoms with E-state index in [4.69, 9.17) is 10.8 Å². The molecule has 2 rings (SSSR count). The van der Waals surface area contributed by atoms with Crippen LogP contribution in [0.2, 0.25) is 0 Å². The first-order valence-corrected chi connectivity index (χ1v) is 8.42. The largest absolute Gasteiger partial charge is 0.396 e. The molecule has 1 heterocycles. The van der Waals surface area contributed by atoms with E-state index in [1.807, 2.05) is 0 Å². The summed E-state index contributed by atoms with van der Waals surface area (Å²) in [6, 6.07) is 6.62. The van der Waals surface area contributed by atoms with Crippen molar-refractivity contribution in [3.05, 3.63) is 29.8 Å². The van der Waals surface area contributed by atoms with E-state index in [0.29, 0.717) is 31.5 Å². The maximum Gasteiger partial charge on any atom is 0.243 e. The normalized spacial score (nSPS) is 17.2. The molecule has 6 heteroatoms. The Balaban J connectivity index is 2.20. The Bertz CT molecular complexity index is 638. The molecule has 0 amide bonds. The summed E-state index contributed by atoms with van der Waals surface area (Å²) in [5.74, 6) is 5.77. The quantitative estimate of drug-likeness (QED) is 0.791. The molecule has 0 atom stereocenters. The number of rotatable bonds is 3. The molecule has 1 aromatic rings. The Hall–Kier alpha value is -1.39. The van der Waals surface area contributed by atoms with Crippen LogP contribution in [0, 0.1) is 17.8 Å². The van der Waals surface area contributed by atoms with Crippen LogP contribution >= 0.6 is 0 Å². The van der Waals surface area contributed by atoms with E-state index in [9.17, 15) is 8.42 Å². The van der Waals surface area contributed by atoms with Crippen molar-refractivity contribution in [2.24, 2.45) is 11.7 Å². The van der Waals surface area contributed by atoms with Gasteiger partial charge in [-0.1, -0.05) is 17.9 Å². The number of benzene rings is 1. The molecule has 0 saturated carbocycles. The SMILES string of the molecule is NCC#Cc1cccc(S(=O)(=O)N2CCC(CO)CC2)c1. The van der Waals surface area contributed by atoms with Crippen LogP contribution in [-0.2, 0) is 10.0 Å². The Morgan fingerprint density at radius 3 is 2.67 bits per heavy atom. The van der Waals surface area contributed by atoms with E-state index in [1.54, 1.807) is 24.3 Å². The van der Waals surface area contributed by atoms with Gasteiger partial charge in [0.2, 0.25) is 10.0 Å². The second-order valence-electron chi connectivity index (χ2n) is 5.06. The molecule has 21 heavy (non-hydrogen) atoms. The van der Waals surface area contributed by atoms with Crippen LogP contribution in [-0.4, -0.2) is 44.1 Å². The molecule has 0 unspecified atom stereocenters. The van der Waals surface area contributed by atoms with Gasteiger partial charge in [-0.15, -0.1) is 0 Å². The number of aliphatic hydroxyl groups excluding tert-OH is 1. The summed E-state index contributed by atoms with van der Waals surface area (Å²) in [4.78, 5) is 0.258. The minimum Gasteiger partial charge on any atom is -0.396 e. The molecule has 1 fully saturated rings. The van der Waals surface area contributed by atoms with Gasteiger partial charge in [0.05, 0.1) is 11.4 Å². The smallest absolute Gasteiger partial charge is 0.243 e. The van der Waals surface area contributed by atoms with Crippen molar-refractivity contribution in [2.45, 2.75) is 17.7 Å². The molecular weight excluding hydrogens is 288 g/mol. The highest BCUT2D eigenvalue weighted by Crippen LogP contribution is 2.23. The number of hydrogen-bond acceptors (Lipinski definition) is 4. The summed E-state index contributed by atoms with van der Waals surface area (Å²) in [5, 5.41) is 9.12. The summed E-state index contributed by atoms with van der Waals surface area (Å²) in [6.45, 7) is 1.27. The number of sulfonamides is 1. The second kappa shape index (κ2) is 7.05. The van der Waals surface area contributed by atoms with Gasteiger partial charge in [0.1, 0.15) is 0 Å². The summed E-state index contributed by atoms with van der Waals surface area (Å²) in [6.07, 6.45) is 1.39. The first kappa shape index (κ1) is 16.0. The van der Waals surface area contributed by atoms with E-state index < -0.39 is 10.0 Å². The summed E-state index contributed by atoms with van der Waals surface area (Å²) in [5.41, 5.74) is 5.97. The predicted molar refractivity (Wildman–Crippen MR) is 80.9 cm³/mol. The van der Waals surface area contributed by atoms with Crippen molar-refractivity contribution >= 4 is 10.0 Å². The minimum atomic E-state index is -3.49. The zero-order valence-electron chi connectivity index (χ0n) is 11.8. The van der Waals surface area contributed by atoms with Gasteiger partial charge in [0.25, 0.3) is 0 Å². The van der Waals surface area contributed by atoms with Gasteiger partial charge in [-0.3, -0.25) is 0 Å². The number of aliphatic hydroxyl groups is 1. The number of hydrogen-bond donors (Lipinski definition) is 2. The maximum atomic E-state index is 12.6. The van der Waals surface area contributed by atoms with Gasteiger partial charge in [-0.2, -0.15) is 4.31 Å². The van der Waals surface area contributed by atoms with Gasteiger partial charge >= 0.3 is 0 Å². The van der Waals surface area contributed by atoms with E-state index in [1.165, 1.54) is 4.31 Å². The van der Waals surface area contributed by atoms with Crippen LogP contribution in [0.5, 0.6) is 0 Å². The zero-order chi connectivity index (χ0) is 15.3. The minimum absolute atomic E-state index is 0.123. The van der Waals surface area contributed by atoms with Crippen LogP contribution in [0.25, 0.3) is 0 Å². The average Bonchev–Trinajstić information content (AvgIpc) is 2.53. The van der Waals surface area contributed by atoms with Gasteiger partial charge in [-0.05, 0) is 37.0 Å². The monoisotopic (exact) mass is 308 g/mol. The van der Waals surface area contributed by atoms with Crippen LogP contribution < -0.4 is 5.73 Å². The third kappa shape index (κ3) is 3.83. The van der Waals surface area contributed by atoms with Crippen LogP contribution in [0.4, 0.5) is 0 Å². The Kier molecular flexibility index (Phi) is 5.37. The second-order valence-corrected chi connectivity index (χ2v) is 7.00. The molecular formula is C15H20N2O3S. The van der Waals surface area contributed by atoms with E-state index in [-0.39, 0.29) is 24.0 Å². The first-order valence-electron chi connectivity index (χ1n) is 6.98. The maximum absolute atomic E-state index is 12.6. The predicted octanol–water partition coefficient (Wildman–Crippen LogP) is 0.390. The van der Waals surface area contributed by atoms with E-state index in [0.717, 1.165) is 0 Å². The van der Waals surface area contributed by atoms with E-state index in [2.05, 4.69) is 11.8 Å². The lowest BCUT2D eigenvalue weighted by Gasteiger charge is -2.30. The summed E-state index contributed by atoms with van der Waals surface area (Å²) >= 11 is 0. The topological polar surface area (TPSA) is 83.6 Å². The Labute approximate surface area is 125 Å². The molecule has 1 aliphatic heterocycles. The summed E-state index contributed by atoms with van der Waals surface area (Å²) < 4.78 is 26.7. The molecule has 0 aromatic heterocycles. The molecule has 0 spiro atoms. The molecule has 5 nitrogen and oxygen atoms in total. The number of nitrogens with zero attached hydrogens (tertiary/aromatic N) is 1. The lowest BCUT2D eigenvalue weighted by molar-refractivity contribution is 0.170. The molecule has 0 aliphatic carbocycles. The Morgan fingerprint density at radius 2 is 2.05 bits per heavy atom. The lowest BCUT2D eigenvalue weighted by atomic mass is 10.00. The highest BCUT2D eigenvalue weighted by molar-refractivity contribution is 7.89. The fourth-order valence-corrected chi connectivity index (χ4v) is 3.88. The van der Waals surface area contributed by atoms with Crippen molar-refractivity contribution in [3.8, 4) is 11.8 Å². The molecule has 0 bridgehead atoms. The van der Waals surface area contributed by atoms with Gasteiger partial charge in [0.15, 0.2) is 0 Å². The highest BCUT2D eigenvalue weighted by Gasteiger charge is 2.29. The van der Waals surface area contributed by atoms with Crippen molar-refractivity contribution in [3.63, 3.8) is 0 Å². The molecule has 3 N–H and O–H groups in total. The van der Waals surface area contributed by atoms with Crippen LogP contribution in [0.1, 0.15) is 18.4 Å². The van der Waals surface area contributed by atoms with Crippen LogP contribution in [0.15, 0.2) is 29.2 Å². The third-order valence-electron chi connectivity index (χ3n) is 3.64. The third-order valence-corrected chi connectivity index (χ3v) is 5.53. The number of nitrogens with two attached hydrogens (primary N) is 1. The number of piperidine rings is 1. The fourth-order valence-electron chi connectivity index (χ4n) is 2.37. The lowest BCUT2D eigenvalue weighted by Crippen LogP contribution is -2.39. The standard InChI is InChI=1S/C15H20N2O3S/c16-8-2-4-13-3-1-5-15(11-13)21(19,20)17-9-6-14(12-18)7-10-17/h1,3,5,11,14,18H,6-10,12,16H2. The highest BCUT2D eigenvalue weighted by atomic mass is 32.2. The van der Waals surface area contributed by atoms with Crippen molar-refractivity contribution in [1.82, 2.24) is 4.31 Å². The van der Waals surface area contributed by atoms with Gasteiger partial charge < -0.3 is 10.8 Å². The molecule has 1 aromatic carbocycles. The molecule has 114 valence electrons. The van der Waals surface area contributed by atoms with Crippen LogP contribution in [0.3, 0.4) is 0 Å². The molecule has 1 saturated heterocycles. The molecule has 1 aliphatic rings.